The Labute approximate surface area is 137 Å². The second-order valence-corrected chi connectivity index (χ2v) is 6.53. The number of aromatic nitrogens is 3. The van der Waals surface area contributed by atoms with E-state index in [9.17, 15) is 0 Å². The monoisotopic (exact) mass is 303 g/mol. The molecule has 0 aliphatic carbocycles. The van der Waals surface area contributed by atoms with Crippen LogP contribution < -0.4 is 0 Å². The highest BCUT2D eigenvalue weighted by Crippen LogP contribution is 2.27. The molecule has 2 aromatic heterocycles. The smallest absolute Gasteiger partial charge is 0.178 e. The second-order valence-electron chi connectivity index (χ2n) is 6.53. The Kier molecular flexibility index (Phi) is 4.20. The minimum Gasteiger partial charge on any atom is -0.253 e. The standard InChI is InChI=1S/C20H21N3/c1-15-7-9-16(10-8-15)14-20(2,3)18-11-13-22-19(23-18)17-6-4-5-12-21-17/h4-13H,14H2,1-3H3. The summed E-state index contributed by atoms with van der Waals surface area (Å²) < 4.78 is 0. The molecule has 0 bridgehead atoms. The molecule has 0 saturated heterocycles. The van der Waals surface area contributed by atoms with E-state index in [0.29, 0.717) is 5.82 Å². The quantitative estimate of drug-likeness (QED) is 0.718. The Bertz CT molecular complexity index is 777. The highest BCUT2D eigenvalue weighted by molar-refractivity contribution is 5.48. The van der Waals surface area contributed by atoms with Gasteiger partial charge < -0.3 is 0 Å². The van der Waals surface area contributed by atoms with Crippen molar-refractivity contribution < 1.29 is 0 Å². The van der Waals surface area contributed by atoms with Crippen LogP contribution >= 0.6 is 0 Å². The van der Waals surface area contributed by atoms with Crippen molar-refractivity contribution in [1.29, 1.82) is 0 Å². The maximum absolute atomic E-state index is 4.75. The molecule has 0 aliphatic heterocycles. The highest BCUT2D eigenvalue weighted by Gasteiger charge is 2.23. The van der Waals surface area contributed by atoms with Crippen LogP contribution in [0.5, 0.6) is 0 Å². The largest absolute Gasteiger partial charge is 0.253 e. The van der Waals surface area contributed by atoms with Crippen molar-refractivity contribution in [2.24, 2.45) is 0 Å². The average Bonchev–Trinajstić information content (AvgIpc) is 2.58. The van der Waals surface area contributed by atoms with Gasteiger partial charge in [-0.1, -0.05) is 49.7 Å². The highest BCUT2D eigenvalue weighted by atomic mass is 14.9. The first-order valence-corrected chi connectivity index (χ1v) is 7.85. The van der Waals surface area contributed by atoms with Gasteiger partial charge in [0.25, 0.3) is 0 Å². The summed E-state index contributed by atoms with van der Waals surface area (Å²) in [7, 11) is 0. The van der Waals surface area contributed by atoms with Crippen LogP contribution in [0.25, 0.3) is 11.5 Å². The molecule has 0 radical (unpaired) electrons. The van der Waals surface area contributed by atoms with Crippen molar-refractivity contribution in [2.45, 2.75) is 32.6 Å². The summed E-state index contributed by atoms with van der Waals surface area (Å²) >= 11 is 0. The molecule has 23 heavy (non-hydrogen) atoms. The molecule has 0 N–H and O–H groups in total. The molecular formula is C20H21N3. The van der Waals surface area contributed by atoms with Gasteiger partial charge in [0.05, 0.1) is 5.69 Å². The van der Waals surface area contributed by atoms with Gasteiger partial charge in [-0.15, -0.1) is 0 Å². The van der Waals surface area contributed by atoms with Crippen LogP contribution in [0.3, 0.4) is 0 Å². The van der Waals surface area contributed by atoms with Crippen LogP contribution in [0.2, 0.25) is 0 Å². The van der Waals surface area contributed by atoms with E-state index in [1.165, 1.54) is 11.1 Å². The summed E-state index contributed by atoms with van der Waals surface area (Å²) in [5.41, 5.74) is 4.38. The Balaban J connectivity index is 1.89. The third kappa shape index (κ3) is 3.62. The molecule has 116 valence electrons. The lowest BCUT2D eigenvalue weighted by atomic mass is 9.82. The molecule has 3 aromatic rings. The van der Waals surface area contributed by atoms with Crippen LogP contribution in [0.15, 0.2) is 60.9 Å². The van der Waals surface area contributed by atoms with E-state index in [2.05, 4.69) is 55.0 Å². The third-order valence-corrected chi connectivity index (χ3v) is 4.01. The van der Waals surface area contributed by atoms with Gasteiger partial charge in [0.15, 0.2) is 5.82 Å². The zero-order chi connectivity index (χ0) is 16.3. The molecule has 3 rings (SSSR count). The maximum atomic E-state index is 4.75. The topological polar surface area (TPSA) is 38.7 Å². The fraction of sp³-hybridized carbons (Fsp3) is 0.250. The zero-order valence-electron chi connectivity index (χ0n) is 13.8. The number of hydrogen-bond donors (Lipinski definition) is 0. The van der Waals surface area contributed by atoms with E-state index in [-0.39, 0.29) is 5.41 Å². The number of benzene rings is 1. The normalized spacial score (nSPS) is 11.4. The maximum Gasteiger partial charge on any atom is 0.178 e. The average molecular weight is 303 g/mol. The lowest BCUT2D eigenvalue weighted by Crippen LogP contribution is -2.22. The van der Waals surface area contributed by atoms with Crippen LogP contribution in [-0.2, 0) is 11.8 Å². The minimum absolute atomic E-state index is 0.0677. The number of nitrogens with zero attached hydrogens (tertiary/aromatic N) is 3. The molecule has 3 heteroatoms. The first-order valence-electron chi connectivity index (χ1n) is 7.85. The molecular weight excluding hydrogens is 282 g/mol. The predicted octanol–water partition coefficient (Wildman–Crippen LogP) is 4.37. The minimum atomic E-state index is -0.0677. The fourth-order valence-electron chi connectivity index (χ4n) is 2.66. The Morgan fingerprint density at radius 2 is 1.65 bits per heavy atom. The lowest BCUT2D eigenvalue weighted by Gasteiger charge is -2.24. The van der Waals surface area contributed by atoms with Crippen molar-refractivity contribution in [2.75, 3.05) is 0 Å². The summed E-state index contributed by atoms with van der Waals surface area (Å²) in [6.45, 7) is 6.55. The van der Waals surface area contributed by atoms with Gasteiger partial charge in [0.2, 0.25) is 0 Å². The van der Waals surface area contributed by atoms with Gasteiger partial charge in [-0.3, -0.25) is 4.98 Å². The van der Waals surface area contributed by atoms with E-state index in [1.54, 1.807) is 6.20 Å². The first kappa shape index (κ1) is 15.3. The predicted molar refractivity (Wildman–Crippen MR) is 93.2 cm³/mol. The molecule has 0 atom stereocenters. The molecule has 0 fully saturated rings. The SMILES string of the molecule is Cc1ccc(CC(C)(C)c2ccnc(-c3ccccn3)n2)cc1. The van der Waals surface area contributed by atoms with E-state index in [1.807, 2.05) is 30.5 Å². The Hall–Kier alpha value is -2.55. The van der Waals surface area contributed by atoms with Crippen molar-refractivity contribution in [3.8, 4) is 11.5 Å². The van der Waals surface area contributed by atoms with Crippen molar-refractivity contribution in [3.63, 3.8) is 0 Å². The summed E-state index contributed by atoms with van der Waals surface area (Å²) in [5.74, 6) is 0.681. The van der Waals surface area contributed by atoms with Gasteiger partial charge in [-0.05, 0) is 37.1 Å². The Morgan fingerprint density at radius 3 is 2.35 bits per heavy atom. The van der Waals surface area contributed by atoms with E-state index in [4.69, 9.17) is 4.98 Å². The lowest BCUT2D eigenvalue weighted by molar-refractivity contribution is 0.504. The van der Waals surface area contributed by atoms with Gasteiger partial charge in [-0.25, -0.2) is 9.97 Å². The fourth-order valence-corrected chi connectivity index (χ4v) is 2.66. The van der Waals surface area contributed by atoms with Crippen LogP contribution in [0.1, 0.15) is 30.7 Å². The number of pyridine rings is 1. The summed E-state index contributed by atoms with van der Waals surface area (Å²) in [5, 5.41) is 0. The van der Waals surface area contributed by atoms with Crippen molar-refractivity contribution >= 4 is 0 Å². The molecule has 3 nitrogen and oxygen atoms in total. The molecule has 1 aromatic carbocycles. The third-order valence-electron chi connectivity index (χ3n) is 4.01. The van der Waals surface area contributed by atoms with E-state index < -0.39 is 0 Å². The molecule has 0 saturated carbocycles. The summed E-state index contributed by atoms with van der Waals surface area (Å²) in [6.07, 6.45) is 4.53. The second kappa shape index (κ2) is 6.29. The van der Waals surface area contributed by atoms with Crippen LogP contribution in [0, 0.1) is 6.92 Å². The molecule has 2 heterocycles. The van der Waals surface area contributed by atoms with Gasteiger partial charge >= 0.3 is 0 Å². The van der Waals surface area contributed by atoms with Crippen LogP contribution in [0.4, 0.5) is 0 Å². The first-order chi connectivity index (χ1) is 11.0. The molecule has 0 aliphatic rings. The van der Waals surface area contributed by atoms with E-state index >= 15 is 0 Å². The number of aryl methyl sites for hydroxylation is 1. The van der Waals surface area contributed by atoms with E-state index in [0.717, 1.165) is 17.8 Å². The van der Waals surface area contributed by atoms with Gasteiger partial charge in [-0.2, -0.15) is 0 Å². The molecule has 0 spiro atoms. The van der Waals surface area contributed by atoms with Gasteiger partial charge in [0, 0.05) is 17.8 Å². The molecule has 0 unspecified atom stereocenters. The molecule has 0 amide bonds. The van der Waals surface area contributed by atoms with Crippen molar-refractivity contribution in [1.82, 2.24) is 15.0 Å². The number of hydrogen-bond acceptors (Lipinski definition) is 3. The number of rotatable bonds is 4. The Morgan fingerprint density at radius 1 is 0.870 bits per heavy atom. The van der Waals surface area contributed by atoms with Crippen LogP contribution in [-0.4, -0.2) is 15.0 Å². The summed E-state index contributed by atoms with van der Waals surface area (Å²) in [6, 6.07) is 16.5. The zero-order valence-corrected chi connectivity index (χ0v) is 13.8. The summed E-state index contributed by atoms with van der Waals surface area (Å²) in [4.78, 5) is 13.5. The van der Waals surface area contributed by atoms with Crippen molar-refractivity contribution in [3.05, 3.63) is 77.7 Å². The van der Waals surface area contributed by atoms with Gasteiger partial charge in [0.1, 0.15) is 5.69 Å².